The first-order valence-electron chi connectivity index (χ1n) is 4.90. The molecule has 0 aliphatic heterocycles. The molecule has 68 valence electrons. The van der Waals surface area contributed by atoms with E-state index in [1.807, 2.05) is 18.2 Å². The molecule has 0 N–H and O–H groups in total. The van der Waals surface area contributed by atoms with Crippen LogP contribution in [0.15, 0.2) is 30.5 Å². The van der Waals surface area contributed by atoms with Crippen LogP contribution < -0.4 is 0 Å². The van der Waals surface area contributed by atoms with Gasteiger partial charge < -0.3 is 4.57 Å². The fourth-order valence-electron chi connectivity index (χ4n) is 1.96. The average molecular weight is 182 g/mol. The van der Waals surface area contributed by atoms with E-state index in [0.717, 1.165) is 10.9 Å². The summed E-state index contributed by atoms with van der Waals surface area (Å²) >= 11 is 0. The predicted molar refractivity (Wildman–Crippen MR) is 54.9 cm³/mol. The van der Waals surface area contributed by atoms with Gasteiger partial charge in [0.2, 0.25) is 0 Å². The standard InChI is InChI=1S/C12H10N2/c13-8-9-2-1-3-12-11(9)6-7-14(12)10-4-5-10/h1-3,6-7,10H,4-5H2. The van der Waals surface area contributed by atoms with E-state index in [-0.39, 0.29) is 0 Å². The second-order valence-electron chi connectivity index (χ2n) is 3.80. The van der Waals surface area contributed by atoms with E-state index in [1.54, 1.807) is 0 Å². The summed E-state index contributed by atoms with van der Waals surface area (Å²) in [4.78, 5) is 0. The van der Waals surface area contributed by atoms with Crippen LogP contribution in [0.5, 0.6) is 0 Å². The first-order valence-corrected chi connectivity index (χ1v) is 4.90. The van der Waals surface area contributed by atoms with Crippen molar-refractivity contribution in [3.63, 3.8) is 0 Å². The third-order valence-electron chi connectivity index (χ3n) is 2.82. The molecule has 2 aromatic rings. The molecule has 1 aromatic carbocycles. The van der Waals surface area contributed by atoms with Crippen LogP contribution in [0.4, 0.5) is 0 Å². The van der Waals surface area contributed by atoms with Gasteiger partial charge in [0.15, 0.2) is 0 Å². The van der Waals surface area contributed by atoms with Gasteiger partial charge >= 0.3 is 0 Å². The Hall–Kier alpha value is -1.75. The van der Waals surface area contributed by atoms with Crippen LogP contribution in [0.3, 0.4) is 0 Å². The van der Waals surface area contributed by atoms with Crippen molar-refractivity contribution in [2.24, 2.45) is 0 Å². The zero-order valence-corrected chi connectivity index (χ0v) is 7.77. The zero-order chi connectivity index (χ0) is 9.54. The molecular weight excluding hydrogens is 172 g/mol. The number of nitriles is 1. The lowest BCUT2D eigenvalue weighted by molar-refractivity contribution is 0.776. The van der Waals surface area contributed by atoms with Gasteiger partial charge in [-0.25, -0.2) is 0 Å². The first-order chi connectivity index (χ1) is 6.90. The molecular formula is C12H10N2. The van der Waals surface area contributed by atoms with E-state index >= 15 is 0 Å². The van der Waals surface area contributed by atoms with Gasteiger partial charge in [-0.1, -0.05) is 6.07 Å². The molecule has 0 radical (unpaired) electrons. The Labute approximate surface area is 82.4 Å². The van der Waals surface area contributed by atoms with Crippen molar-refractivity contribution in [2.45, 2.75) is 18.9 Å². The minimum Gasteiger partial charge on any atom is -0.344 e. The van der Waals surface area contributed by atoms with Gasteiger partial charge in [0, 0.05) is 23.1 Å². The normalized spacial score (nSPS) is 15.6. The van der Waals surface area contributed by atoms with Gasteiger partial charge in [0.1, 0.15) is 0 Å². The lowest BCUT2D eigenvalue weighted by Gasteiger charge is -2.01. The molecule has 0 spiro atoms. The molecule has 1 aliphatic rings. The summed E-state index contributed by atoms with van der Waals surface area (Å²) in [5, 5.41) is 10.0. The fourth-order valence-corrected chi connectivity index (χ4v) is 1.96. The summed E-state index contributed by atoms with van der Waals surface area (Å²) in [6.45, 7) is 0. The highest BCUT2D eigenvalue weighted by molar-refractivity contribution is 5.86. The Morgan fingerprint density at radius 1 is 1.29 bits per heavy atom. The van der Waals surface area contributed by atoms with Crippen LogP contribution in [0.1, 0.15) is 24.4 Å². The van der Waals surface area contributed by atoms with Crippen molar-refractivity contribution in [1.29, 1.82) is 5.26 Å². The Morgan fingerprint density at radius 2 is 2.14 bits per heavy atom. The fraction of sp³-hybridized carbons (Fsp3) is 0.250. The quantitative estimate of drug-likeness (QED) is 0.666. The van der Waals surface area contributed by atoms with Crippen LogP contribution in [-0.4, -0.2) is 4.57 Å². The average Bonchev–Trinajstić information content (AvgIpc) is 2.97. The highest BCUT2D eigenvalue weighted by Gasteiger charge is 2.24. The van der Waals surface area contributed by atoms with Gasteiger partial charge in [0.05, 0.1) is 11.6 Å². The second-order valence-corrected chi connectivity index (χ2v) is 3.80. The monoisotopic (exact) mass is 182 g/mol. The predicted octanol–water partition coefficient (Wildman–Crippen LogP) is 2.85. The molecule has 2 heteroatoms. The van der Waals surface area contributed by atoms with Crippen molar-refractivity contribution in [2.75, 3.05) is 0 Å². The molecule has 0 atom stereocenters. The summed E-state index contributed by atoms with van der Waals surface area (Å²) in [7, 11) is 0. The summed E-state index contributed by atoms with van der Waals surface area (Å²) in [6, 6.07) is 10.9. The molecule has 0 bridgehead atoms. The minimum atomic E-state index is 0.682. The summed E-state index contributed by atoms with van der Waals surface area (Å²) in [6.07, 6.45) is 4.66. The van der Waals surface area contributed by atoms with Crippen molar-refractivity contribution >= 4 is 10.9 Å². The molecule has 0 unspecified atom stereocenters. The minimum absolute atomic E-state index is 0.682. The molecule has 1 fully saturated rings. The Morgan fingerprint density at radius 3 is 2.86 bits per heavy atom. The van der Waals surface area contributed by atoms with E-state index in [2.05, 4.69) is 22.9 Å². The summed E-state index contributed by atoms with van der Waals surface area (Å²) < 4.78 is 2.29. The van der Waals surface area contributed by atoms with E-state index in [4.69, 9.17) is 5.26 Å². The Kier molecular flexibility index (Phi) is 1.43. The van der Waals surface area contributed by atoms with Crippen LogP contribution in [0.25, 0.3) is 10.9 Å². The van der Waals surface area contributed by atoms with Crippen molar-refractivity contribution in [1.82, 2.24) is 4.57 Å². The van der Waals surface area contributed by atoms with Crippen LogP contribution >= 0.6 is 0 Å². The molecule has 2 nitrogen and oxygen atoms in total. The molecule has 1 aliphatic carbocycles. The second kappa shape index (κ2) is 2.62. The van der Waals surface area contributed by atoms with Gasteiger partial charge in [-0.05, 0) is 31.0 Å². The molecule has 1 aromatic heterocycles. The molecule has 0 amide bonds. The highest BCUT2D eigenvalue weighted by Crippen LogP contribution is 2.38. The smallest absolute Gasteiger partial charge is 0.0998 e. The van der Waals surface area contributed by atoms with Crippen LogP contribution in [-0.2, 0) is 0 Å². The van der Waals surface area contributed by atoms with Crippen LogP contribution in [0, 0.1) is 11.3 Å². The SMILES string of the molecule is N#Cc1cccc2c1ccn2C1CC1. The lowest BCUT2D eigenvalue weighted by atomic mass is 10.1. The van der Waals surface area contributed by atoms with Crippen molar-refractivity contribution in [3.8, 4) is 6.07 Å². The Bertz CT molecular complexity index is 527. The lowest BCUT2D eigenvalue weighted by Crippen LogP contribution is -1.90. The molecule has 1 saturated carbocycles. The topological polar surface area (TPSA) is 28.7 Å². The van der Waals surface area contributed by atoms with Crippen molar-refractivity contribution < 1.29 is 0 Å². The van der Waals surface area contributed by atoms with E-state index < -0.39 is 0 Å². The third-order valence-corrected chi connectivity index (χ3v) is 2.82. The number of nitrogens with zero attached hydrogens (tertiary/aromatic N) is 2. The van der Waals surface area contributed by atoms with E-state index in [9.17, 15) is 0 Å². The number of benzene rings is 1. The van der Waals surface area contributed by atoms with Gasteiger partial charge in [-0.2, -0.15) is 5.26 Å². The summed E-state index contributed by atoms with van der Waals surface area (Å²) in [5.74, 6) is 0. The highest BCUT2D eigenvalue weighted by atomic mass is 15.0. The number of aromatic nitrogens is 1. The van der Waals surface area contributed by atoms with E-state index in [0.29, 0.717) is 6.04 Å². The first kappa shape index (κ1) is 7.64. The molecule has 14 heavy (non-hydrogen) atoms. The maximum atomic E-state index is 8.94. The van der Waals surface area contributed by atoms with Gasteiger partial charge in [-0.3, -0.25) is 0 Å². The zero-order valence-electron chi connectivity index (χ0n) is 7.77. The maximum absolute atomic E-state index is 8.94. The summed E-state index contributed by atoms with van der Waals surface area (Å²) in [5.41, 5.74) is 1.98. The number of hydrogen-bond donors (Lipinski definition) is 0. The molecule has 3 rings (SSSR count). The number of hydrogen-bond acceptors (Lipinski definition) is 1. The maximum Gasteiger partial charge on any atom is 0.0998 e. The number of fused-ring (bicyclic) bond motifs is 1. The largest absolute Gasteiger partial charge is 0.344 e. The third kappa shape index (κ3) is 0.958. The van der Waals surface area contributed by atoms with Gasteiger partial charge in [0.25, 0.3) is 0 Å². The van der Waals surface area contributed by atoms with Crippen LogP contribution in [0.2, 0.25) is 0 Å². The molecule has 0 saturated heterocycles. The Balaban J connectivity index is 2.32. The van der Waals surface area contributed by atoms with Crippen molar-refractivity contribution in [3.05, 3.63) is 36.0 Å². The molecule has 1 heterocycles. The number of rotatable bonds is 1. The van der Waals surface area contributed by atoms with Gasteiger partial charge in [-0.15, -0.1) is 0 Å². The van der Waals surface area contributed by atoms with E-state index in [1.165, 1.54) is 18.4 Å².